The van der Waals surface area contributed by atoms with Crippen molar-refractivity contribution in [2.75, 3.05) is 14.2 Å². The second-order valence-electron chi connectivity index (χ2n) is 6.80. The second kappa shape index (κ2) is 6.68. The van der Waals surface area contributed by atoms with Crippen molar-refractivity contribution < 1.29 is 9.53 Å². The van der Waals surface area contributed by atoms with Gasteiger partial charge in [0.2, 0.25) is 5.91 Å². The molecule has 1 amide bonds. The van der Waals surface area contributed by atoms with Gasteiger partial charge in [0.1, 0.15) is 5.75 Å². The highest BCUT2D eigenvalue weighted by Crippen LogP contribution is 2.50. The van der Waals surface area contributed by atoms with Crippen molar-refractivity contribution in [1.82, 2.24) is 9.88 Å². The molecule has 0 radical (unpaired) electrons. The zero-order valence-corrected chi connectivity index (χ0v) is 15.9. The van der Waals surface area contributed by atoms with Gasteiger partial charge in [-0.1, -0.05) is 23.7 Å². The second-order valence-corrected chi connectivity index (χ2v) is 7.24. The maximum absolute atomic E-state index is 13.1. The van der Waals surface area contributed by atoms with E-state index in [1.165, 1.54) is 0 Å². The number of likely N-dealkylation sites (N-methyl/N-ethyl adjacent to an activating group) is 1. The Morgan fingerprint density at radius 1 is 1.36 bits per heavy atom. The van der Waals surface area contributed by atoms with Crippen molar-refractivity contribution >= 4 is 17.5 Å². The lowest BCUT2D eigenvalue weighted by atomic mass is 9.94. The number of hydrogen-bond acceptors (Lipinski definition) is 3. The number of ether oxygens (including phenoxy) is 1. The molecule has 2 aromatic rings. The van der Waals surface area contributed by atoms with Crippen molar-refractivity contribution in [1.29, 1.82) is 0 Å². The molecule has 4 nitrogen and oxygen atoms in total. The van der Waals surface area contributed by atoms with Crippen LogP contribution in [0, 0.1) is 13.8 Å². The topological polar surface area (TPSA) is 42.4 Å². The summed E-state index contributed by atoms with van der Waals surface area (Å²) in [6, 6.07) is 7.63. The SMILES string of the molecule is COc1c(C)cnc(CN(C)C(=O)C2(c3cccc(Cl)c3)CC2)c1C. The third-order valence-corrected chi connectivity index (χ3v) is 5.26. The maximum Gasteiger partial charge on any atom is 0.233 e. The first-order chi connectivity index (χ1) is 11.9. The van der Waals surface area contributed by atoms with Crippen LogP contribution in [0.5, 0.6) is 5.75 Å². The number of methoxy groups -OCH3 is 1. The quantitative estimate of drug-likeness (QED) is 0.809. The van der Waals surface area contributed by atoms with Crippen LogP contribution in [0.15, 0.2) is 30.5 Å². The Balaban J connectivity index is 1.82. The molecule has 0 spiro atoms. The fourth-order valence-corrected chi connectivity index (χ4v) is 3.62. The fourth-order valence-electron chi connectivity index (χ4n) is 3.43. The summed E-state index contributed by atoms with van der Waals surface area (Å²) in [7, 11) is 3.49. The van der Waals surface area contributed by atoms with Crippen LogP contribution < -0.4 is 4.74 Å². The molecule has 0 atom stereocenters. The number of benzene rings is 1. The van der Waals surface area contributed by atoms with E-state index in [0.29, 0.717) is 11.6 Å². The molecule has 1 aromatic carbocycles. The Morgan fingerprint density at radius 2 is 2.08 bits per heavy atom. The number of carbonyl (C=O) groups is 1. The van der Waals surface area contributed by atoms with E-state index in [4.69, 9.17) is 16.3 Å². The molecule has 1 saturated carbocycles. The smallest absolute Gasteiger partial charge is 0.233 e. The third-order valence-electron chi connectivity index (χ3n) is 5.02. The van der Waals surface area contributed by atoms with Crippen LogP contribution in [0.25, 0.3) is 0 Å². The van der Waals surface area contributed by atoms with Crippen LogP contribution in [0.3, 0.4) is 0 Å². The van der Waals surface area contributed by atoms with Gasteiger partial charge in [0.25, 0.3) is 0 Å². The lowest BCUT2D eigenvalue weighted by Gasteiger charge is -2.25. The average molecular weight is 359 g/mol. The van der Waals surface area contributed by atoms with Crippen molar-refractivity contribution in [3.05, 3.63) is 57.9 Å². The standard InChI is InChI=1S/C20H23ClN2O2/c1-13-11-22-17(14(2)18(13)25-4)12-23(3)19(24)20(8-9-20)15-6-5-7-16(21)10-15/h5-7,10-11H,8-9,12H2,1-4H3. The van der Waals surface area contributed by atoms with Crippen LogP contribution in [0.1, 0.15) is 35.2 Å². The Kier molecular flexibility index (Phi) is 4.74. The summed E-state index contributed by atoms with van der Waals surface area (Å²) < 4.78 is 5.46. The Hall–Kier alpha value is -2.07. The molecule has 0 aliphatic heterocycles. The summed E-state index contributed by atoms with van der Waals surface area (Å²) >= 11 is 6.11. The summed E-state index contributed by atoms with van der Waals surface area (Å²) in [6.45, 7) is 4.41. The Bertz CT molecular complexity index is 815. The van der Waals surface area contributed by atoms with Crippen molar-refractivity contribution in [2.24, 2.45) is 0 Å². The van der Waals surface area contributed by atoms with Gasteiger partial charge in [-0.25, -0.2) is 0 Å². The first-order valence-electron chi connectivity index (χ1n) is 8.40. The van der Waals surface area contributed by atoms with E-state index in [2.05, 4.69) is 4.98 Å². The molecule has 132 valence electrons. The Morgan fingerprint density at radius 3 is 2.68 bits per heavy atom. The zero-order valence-electron chi connectivity index (χ0n) is 15.1. The molecule has 5 heteroatoms. The van der Waals surface area contributed by atoms with E-state index in [1.807, 2.05) is 45.2 Å². The highest BCUT2D eigenvalue weighted by Gasteiger charge is 2.52. The summed E-state index contributed by atoms with van der Waals surface area (Å²) in [5, 5.41) is 0.667. The van der Waals surface area contributed by atoms with Gasteiger partial charge in [0.05, 0.1) is 24.8 Å². The minimum absolute atomic E-state index is 0.121. The summed E-state index contributed by atoms with van der Waals surface area (Å²) in [5.41, 5.74) is 3.41. The van der Waals surface area contributed by atoms with Gasteiger partial charge in [-0.3, -0.25) is 9.78 Å². The minimum atomic E-state index is -0.428. The van der Waals surface area contributed by atoms with Gasteiger partial charge in [-0.15, -0.1) is 0 Å². The van der Waals surface area contributed by atoms with Crippen molar-refractivity contribution in [2.45, 2.75) is 38.6 Å². The minimum Gasteiger partial charge on any atom is -0.496 e. The number of rotatable bonds is 5. The Labute approximate surface area is 153 Å². The largest absolute Gasteiger partial charge is 0.496 e. The molecule has 3 rings (SSSR count). The van der Waals surface area contributed by atoms with Gasteiger partial charge in [0, 0.05) is 29.4 Å². The van der Waals surface area contributed by atoms with Gasteiger partial charge < -0.3 is 9.64 Å². The van der Waals surface area contributed by atoms with Crippen LogP contribution in [-0.4, -0.2) is 29.9 Å². The van der Waals surface area contributed by atoms with Gasteiger partial charge in [-0.05, 0) is 44.4 Å². The molecule has 1 heterocycles. The average Bonchev–Trinajstić information content (AvgIpc) is 3.39. The monoisotopic (exact) mass is 358 g/mol. The van der Waals surface area contributed by atoms with Gasteiger partial charge in [0.15, 0.2) is 0 Å². The first kappa shape index (κ1) is 17.7. The lowest BCUT2D eigenvalue weighted by molar-refractivity contribution is -0.133. The van der Waals surface area contributed by atoms with Gasteiger partial charge >= 0.3 is 0 Å². The number of halogens is 1. The number of aryl methyl sites for hydroxylation is 1. The fraction of sp³-hybridized carbons (Fsp3) is 0.400. The summed E-state index contributed by atoms with van der Waals surface area (Å²) in [6.07, 6.45) is 3.52. The van der Waals surface area contributed by atoms with Crippen molar-refractivity contribution in [3.63, 3.8) is 0 Å². The van der Waals surface area contributed by atoms with E-state index in [1.54, 1.807) is 18.2 Å². The highest BCUT2D eigenvalue weighted by atomic mass is 35.5. The van der Waals surface area contributed by atoms with E-state index < -0.39 is 5.41 Å². The molecule has 1 aliphatic carbocycles. The molecule has 1 fully saturated rings. The third kappa shape index (κ3) is 3.23. The molecule has 0 bridgehead atoms. The molecular formula is C20H23ClN2O2. The number of pyridine rings is 1. The maximum atomic E-state index is 13.1. The van der Waals surface area contributed by atoms with Crippen LogP contribution in [-0.2, 0) is 16.8 Å². The normalized spacial score (nSPS) is 14.9. The van der Waals surface area contributed by atoms with E-state index in [0.717, 1.165) is 41.0 Å². The molecular weight excluding hydrogens is 336 g/mol. The van der Waals surface area contributed by atoms with E-state index >= 15 is 0 Å². The van der Waals surface area contributed by atoms with Crippen LogP contribution >= 0.6 is 11.6 Å². The van der Waals surface area contributed by atoms with Crippen LogP contribution in [0.4, 0.5) is 0 Å². The molecule has 0 N–H and O–H groups in total. The number of hydrogen-bond donors (Lipinski definition) is 0. The van der Waals surface area contributed by atoms with E-state index in [-0.39, 0.29) is 5.91 Å². The zero-order chi connectivity index (χ0) is 18.2. The number of amides is 1. The predicted octanol–water partition coefficient (Wildman–Crippen LogP) is 4.05. The van der Waals surface area contributed by atoms with E-state index in [9.17, 15) is 4.79 Å². The molecule has 0 unspecified atom stereocenters. The molecule has 1 aromatic heterocycles. The molecule has 1 aliphatic rings. The molecule has 0 saturated heterocycles. The highest BCUT2D eigenvalue weighted by molar-refractivity contribution is 6.30. The van der Waals surface area contributed by atoms with Crippen LogP contribution in [0.2, 0.25) is 5.02 Å². The van der Waals surface area contributed by atoms with Crippen molar-refractivity contribution in [3.8, 4) is 5.75 Å². The molecule has 25 heavy (non-hydrogen) atoms. The number of aromatic nitrogens is 1. The predicted molar refractivity (Wildman–Crippen MR) is 99.1 cm³/mol. The number of nitrogens with zero attached hydrogens (tertiary/aromatic N) is 2. The lowest BCUT2D eigenvalue weighted by Crippen LogP contribution is -2.36. The summed E-state index contributed by atoms with van der Waals surface area (Å²) in [5.74, 6) is 0.956. The van der Waals surface area contributed by atoms with Gasteiger partial charge in [-0.2, -0.15) is 0 Å². The first-order valence-corrected chi connectivity index (χ1v) is 8.77. The summed E-state index contributed by atoms with van der Waals surface area (Å²) in [4.78, 5) is 19.4. The number of carbonyl (C=O) groups excluding carboxylic acids is 1.